The van der Waals surface area contributed by atoms with Crippen LogP contribution in [0, 0.1) is 11.3 Å². The second-order valence-electron chi connectivity index (χ2n) is 5.91. The van der Waals surface area contributed by atoms with E-state index in [0.29, 0.717) is 26.0 Å². The maximum absolute atomic E-state index is 13.1. The first-order chi connectivity index (χ1) is 13.9. The van der Waals surface area contributed by atoms with Crippen LogP contribution >= 0.6 is 22.9 Å². The molecule has 4 rings (SSSR count). The molecule has 0 aliphatic rings. The first-order valence-electron chi connectivity index (χ1n) is 8.13. The molecule has 5 nitrogen and oxygen atoms in total. The number of nitriles is 1. The summed E-state index contributed by atoms with van der Waals surface area (Å²) in [4.78, 5) is 4.48. The van der Waals surface area contributed by atoms with Crippen LogP contribution in [0.25, 0.3) is 33.1 Å². The molecule has 0 atom stereocenters. The number of alkyl halides is 3. The summed E-state index contributed by atoms with van der Waals surface area (Å²) in [5.41, 5.74) is 1.50. The Morgan fingerprint density at radius 3 is 2.52 bits per heavy atom. The number of benzene rings is 2. The van der Waals surface area contributed by atoms with Crippen molar-refractivity contribution < 1.29 is 13.2 Å². The molecule has 0 saturated carbocycles. The van der Waals surface area contributed by atoms with Crippen molar-refractivity contribution in [3.63, 3.8) is 0 Å². The molecule has 2 heterocycles. The molecule has 0 amide bonds. The SMILES string of the molecule is N#Cc1[nH]nnc1-c1nc(-c2ccccc2-c2cccc(C(F)(F)F)c2)sc1Cl. The average molecular weight is 432 g/mol. The third kappa shape index (κ3) is 3.60. The van der Waals surface area contributed by atoms with Crippen LogP contribution in [0.2, 0.25) is 4.34 Å². The van der Waals surface area contributed by atoms with Crippen molar-refractivity contribution in [2.75, 3.05) is 0 Å². The second kappa shape index (κ2) is 7.31. The van der Waals surface area contributed by atoms with Crippen molar-refractivity contribution >= 4 is 22.9 Å². The summed E-state index contributed by atoms with van der Waals surface area (Å²) in [6.45, 7) is 0. The number of H-pyrrole nitrogens is 1. The van der Waals surface area contributed by atoms with Crippen LogP contribution in [-0.2, 0) is 6.18 Å². The number of thiazole rings is 1. The summed E-state index contributed by atoms with van der Waals surface area (Å²) in [6, 6.07) is 14.0. The van der Waals surface area contributed by atoms with Crippen molar-refractivity contribution in [1.82, 2.24) is 20.4 Å². The van der Waals surface area contributed by atoms with Gasteiger partial charge in [-0.2, -0.15) is 18.4 Å². The maximum atomic E-state index is 13.1. The Hall–Kier alpha value is -3.22. The lowest BCUT2D eigenvalue weighted by Crippen LogP contribution is -2.04. The van der Waals surface area contributed by atoms with Crippen LogP contribution in [0.1, 0.15) is 11.3 Å². The van der Waals surface area contributed by atoms with Gasteiger partial charge in [-0.05, 0) is 23.3 Å². The molecular formula is C19H9ClF3N5S. The third-order valence-electron chi connectivity index (χ3n) is 4.13. The fourth-order valence-electron chi connectivity index (χ4n) is 2.82. The van der Waals surface area contributed by atoms with E-state index in [1.54, 1.807) is 30.3 Å². The number of hydrogen-bond donors (Lipinski definition) is 1. The quantitative estimate of drug-likeness (QED) is 0.444. The van der Waals surface area contributed by atoms with Gasteiger partial charge in [0.15, 0.2) is 11.4 Å². The smallest absolute Gasteiger partial charge is 0.247 e. The Morgan fingerprint density at radius 1 is 1.03 bits per heavy atom. The molecule has 0 radical (unpaired) electrons. The van der Waals surface area contributed by atoms with Crippen molar-refractivity contribution in [3.8, 4) is 39.2 Å². The second-order valence-corrected chi connectivity index (χ2v) is 7.51. The van der Waals surface area contributed by atoms with Crippen LogP contribution in [-0.4, -0.2) is 20.4 Å². The number of hydrogen-bond acceptors (Lipinski definition) is 5. The van der Waals surface area contributed by atoms with Crippen LogP contribution < -0.4 is 0 Å². The topological polar surface area (TPSA) is 78.2 Å². The van der Waals surface area contributed by atoms with Crippen molar-refractivity contribution in [2.24, 2.45) is 0 Å². The Labute approximate surface area is 171 Å². The van der Waals surface area contributed by atoms with Crippen LogP contribution in [0.4, 0.5) is 13.2 Å². The molecule has 144 valence electrons. The highest BCUT2D eigenvalue weighted by Crippen LogP contribution is 2.41. The number of rotatable bonds is 3. The molecule has 0 fully saturated rings. The third-order valence-corrected chi connectivity index (χ3v) is 5.42. The molecule has 0 spiro atoms. The van der Waals surface area contributed by atoms with Gasteiger partial charge in [0.05, 0.1) is 5.56 Å². The minimum atomic E-state index is -4.44. The van der Waals surface area contributed by atoms with Crippen molar-refractivity contribution in [1.29, 1.82) is 5.26 Å². The zero-order chi connectivity index (χ0) is 20.6. The lowest BCUT2D eigenvalue weighted by Gasteiger charge is -2.11. The summed E-state index contributed by atoms with van der Waals surface area (Å²) in [5, 5.41) is 19.5. The Balaban J connectivity index is 1.84. The lowest BCUT2D eigenvalue weighted by atomic mass is 9.98. The average Bonchev–Trinajstić information content (AvgIpc) is 3.33. The first-order valence-corrected chi connectivity index (χ1v) is 9.33. The summed E-state index contributed by atoms with van der Waals surface area (Å²) in [7, 11) is 0. The summed E-state index contributed by atoms with van der Waals surface area (Å²) >= 11 is 7.46. The van der Waals surface area contributed by atoms with Gasteiger partial charge in [0.1, 0.15) is 21.1 Å². The maximum Gasteiger partial charge on any atom is 0.416 e. The first kappa shape index (κ1) is 19.1. The predicted molar refractivity (Wildman–Crippen MR) is 103 cm³/mol. The number of nitrogens with zero attached hydrogens (tertiary/aromatic N) is 4. The molecule has 0 saturated heterocycles. The Morgan fingerprint density at radius 2 is 1.79 bits per heavy atom. The monoisotopic (exact) mass is 431 g/mol. The Bertz CT molecular complexity index is 1240. The predicted octanol–water partition coefficient (Wildman–Crippen LogP) is 5.81. The van der Waals surface area contributed by atoms with E-state index >= 15 is 0 Å². The van der Waals surface area contributed by atoms with E-state index in [0.717, 1.165) is 23.5 Å². The minimum absolute atomic E-state index is 0.120. The highest BCUT2D eigenvalue weighted by atomic mass is 35.5. The highest BCUT2D eigenvalue weighted by molar-refractivity contribution is 7.19. The van der Waals surface area contributed by atoms with Crippen LogP contribution in [0.5, 0.6) is 0 Å². The van der Waals surface area contributed by atoms with E-state index in [9.17, 15) is 13.2 Å². The fraction of sp³-hybridized carbons (Fsp3) is 0.0526. The molecule has 4 aromatic rings. The molecule has 0 aliphatic heterocycles. The molecule has 29 heavy (non-hydrogen) atoms. The van der Waals surface area contributed by atoms with Crippen molar-refractivity contribution in [2.45, 2.75) is 6.18 Å². The van der Waals surface area contributed by atoms with E-state index in [2.05, 4.69) is 20.4 Å². The zero-order valence-electron chi connectivity index (χ0n) is 14.3. The van der Waals surface area contributed by atoms with Crippen LogP contribution in [0.3, 0.4) is 0 Å². The molecule has 2 aromatic carbocycles. The Kier molecular flexibility index (Phi) is 4.82. The van der Waals surface area contributed by atoms with Gasteiger partial charge in [-0.15, -0.1) is 16.4 Å². The molecule has 2 aromatic heterocycles. The van der Waals surface area contributed by atoms with Gasteiger partial charge >= 0.3 is 6.18 Å². The summed E-state index contributed by atoms with van der Waals surface area (Å²) in [5.74, 6) is 0. The largest absolute Gasteiger partial charge is 0.416 e. The van der Waals surface area contributed by atoms with E-state index in [-0.39, 0.29) is 17.1 Å². The van der Waals surface area contributed by atoms with Gasteiger partial charge in [-0.25, -0.2) is 10.1 Å². The zero-order valence-corrected chi connectivity index (χ0v) is 15.9. The molecule has 10 heteroatoms. The van der Waals surface area contributed by atoms with E-state index in [1.165, 1.54) is 6.07 Å². The molecule has 0 aliphatic carbocycles. The number of nitrogens with one attached hydrogen (secondary N) is 1. The highest BCUT2D eigenvalue weighted by Gasteiger charge is 2.30. The van der Waals surface area contributed by atoms with E-state index in [1.807, 2.05) is 6.07 Å². The summed E-state index contributed by atoms with van der Waals surface area (Å²) in [6.07, 6.45) is -4.44. The van der Waals surface area contributed by atoms with E-state index in [4.69, 9.17) is 16.9 Å². The van der Waals surface area contributed by atoms with E-state index < -0.39 is 11.7 Å². The normalized spacial score (nSPS) is 11.4. The van der Waals surface area contributed by atoms with Gasteiger partial charge in [-0.3, -0.25) is 0 Å². The number of aromatic amines is 1. The molecule has 1 N–H and O–H groups in total. The fourth-order valence-corrected chi connectivity index (χ4v) is 4.00. The van der Waals surface area contributed by atoms with Gasteiger partial charge in [0.25, 0.3) is 0 Å². The van der Waals surface area contributed by atoms with Gasteiger partial charge in [0.2, 0.25) is 0 Å². The van der Waals surface area contributed by atoms with Crippen molar-refractivity contribution in [3.05, 3.63) is 64.1 Å². The molecule has 0 unspecified atom stereocenters. The van der Waals surface area contributed by atoms with Crippen LogP contribution in [0.15, 0.2) is 48.5 Å². The number of aromatic nitrogens is 4. The standard InChI is InChI=1S/C19H9ClF3N5S/c20-17-16(15-14(9-24)26-28-27-15)25-18(29-17)13-7-2-1-6-12(13)10-4-3-5-11(8-10)19(21,22)23/h1-8H,(H,26,27,28). The minimum Gasteiger partial charge on any atom is -0.247 e. The molecular weight excluding hydrogens is 423 g/mol. The summed E-state index contributed by atoms with van der Waals surface area (Å²) < 4.78 is 39.7. The van der Waals surface area contributed by atoms with Gasteiger partial charge in [0, 0.05) is 5.56 Å². The number of halogens is 4. The van der Waals surface area contributed by atoms with Gasteiger partial charge in [-0.1, -0.05) is 53.2 Å². The van der Waals surface area contributed by atoms with Gasteiger partial charge < -0.3 is 0 Å². The lowest BCUT2D eigenvalue weighted by molar-refractivity contribution is -0.137. The molecule has 0 bridgehead atoms.